The van der Waals surface area contributed by atoms with Gasteiger partial charge >= 0.3 is 0 Å². The monoisotopic (exact) mass is 276 g/mol. The quantitative estimate of drug-likeness (QED) is 0.676. The number of aromatic nitrogens is 2. The van der Waals surface area contributed by atoms with E-state index in [-0.39, 0.29) is 5.78 Å². The standard InChI is InChI=1S/C18H16N2O/c1-13-18(14(2)21)16(17-10-6-7-11-19-17)12-20(13)15-8-4-3-5-9-15/h3-12H,1-2H3. The van der Waals surface area contributed by atoms with Crippen molar-refractivity contribution < 1.29 is 4.79 Å². The van der Waals surface area contributed by atoms with Crippen molar-refractivity contribution in [2.75, 3.05) is 0 Å². The third kappa shape index (κ3) is 2.38. The van der Waals surface area contributed by atoms with Crippen LogP contribution in [0.3, 0.4) is 0 Å². The van der Waals surface area contributed by atoms with Gasteiger partial charge in [-0.15, -0.1) is 0 Å². The van der Waals surface area contributed by atoms with E-state index in [0.29, 0.717) is 0 Å². The van der Waals surface area contributed by atoms with Crippen LogP contribution in [0.2, 0.25) is 0 Å². The van der Waals surface area contributed by atoms with Crippen molar-refractivity contribution in [2.45, 2.75) is 13.8 Å². The second-order valence-corrected chi connectivity index (χ2v) is 4.98. The summed E-state index contributed by atoms with van der Waals surface area (Å²) in [4.78, 5) is 16.4. The summed E-state index contributed by atoms with van der Waals surface area (Å²) in [5, 5.41) is 0. The van der Waals surface area contributed by atoms with Crippen LogP contribution in [0.4, 0.5) is 0 Å². The lowest BCUT2D eigenvalue weighted by molar-refractivity contribution is 0.101. The molecule has 2 aromatic heterocycles. The van der Waals surface area contributed by atoms with E-state index in [9.17, 15) is 4.79 Å². The summed E-state index contributed by atoms with van der Waals surface area (Å²) in [6.07, 6.45) is 3.73. The van der Waals surface area contributed by atoms with Crippen LogP contribution in [0, 0.1) is 6.92 Å². The average molecular weight is 276 g/mol. The maximum Gasteiger partial charge on any atom is 0.162 e. The highest BCUT2D eigenvalue weighted by Crippen LogP contribution is 2.29. The summed E-state index contributed by atoms with van der Waals surface area (Å²) in [5.74, 6) is 0.0582. The minimum atomic E-state index is 0.0582. The van der Waals surface area contributed by atoms with E-state index < -0.39 is 0 Å². The fraction of sp³-hybridized carbons (Fsp3) is 0.111. The van der Waals surface area contributed by atoms with Crippen molar-refractivity contribution in [3.8, 4) is 16.9 Å². The van der Waals surface area contributed by atoms with Crippen LogP contribution in [-0.2, 0) is 0 Å². The molecule has 0 bridgehead atoms. The third-order valence-corrected chi connectivity index (χ3v) is 3.58. The Labute approximate surface area is 123 Å². The van der Waals surface area contributed by atoms with Gasteiger partial charge in [-0.3, -0.25) is 9.78 Å². The second-order valence-electron chi connectivity index (χ2n) is 4.98. The zero-order valence-electron chi connectivity index (χ0n) is 12.1. The first-order chi connectivity index (χ1) is 10.2. The van der Waals surface area contributed by atoms with Gasteiger partial charge in [0.1, 0.15) is 0 Å². The highest BCUT2D eigenvalue weighted by atomic mass is 16.1. The SMILES string of the molecule is CC(=O)c1c(-c2ccccn2)cn(-c2ccccc2)c1C. The topological polar surface area (TPSA) is 34.9 Å². The average Bonchev–Trinajstić information content (AvgIpc) is 2.87. The minimum Gasteiger partial charge on any atom is -0.320 e. The molecule has 3 heteroatoms. The van der Waals surface area contributed by atoms with Gasteiger partial charge < -0.3 is 4.57 Å². The van der Waals surface area contributed by atoms with Gasteiger partial charge in [0.25, 0.3) is 0 Å². The first-order valence-electron chi connectivity index (χ1n) is 6.88. The minimum absolute atomic E-state index is 0.0582. The van der Waals surface area contributed by atoms with E-state index in [1.54, 1.807) is 13.1 Å². The number of nitrogens with zero attached hydrogens (tertiary/aromatic N) is 2. The lowest BCUT2D eigenvalue weighted by Crippen LogP contribution is -1.99. The molecule has 0 saturated carbocycles. The molecule has 1 aromatic carbocycles. The summed E-state index contributed by atoms with van der Waals surface area (Å²) in [6.45, 7) is 3.57. The summed E-state index contributed by atoms with van der Waals surface area (Å²) in [6, 6.07) is 15.7. The zero-order chi connectivity index (χ0) is 14.8. The molecule has 3 nitrogen and oxygen atoms in total. The van der Waals surface area contributed by atoms with Crippen molar-refractivity contribution in [3.63, 3.8) is 0 Å². The van der Waals surface area contributed by atoms with Crippen molar-refractivity contribution in [2.24, 2.45) is 0 Å². The van der Waals surface area contributed by atoms with E-state index in [0.717, 1.165) is 28.2 Å². The Hall–Kier alpha value is -2.68. The van der Waals surface area contributed by atoms with Crippen LogP contribution in [0.25, 0.3) is 16.9 Å². The predicted molar refractivity (Wildman–Crippen MR) is 83.7 cm³/mol. The molecule has 0 saturated heterocycles. The van der Waals surface area contributed by atoms with Crippen LogP contribution in [0.5, 0.6) is 0 Å². The molecular weight excluding hydrogens is 260 g/mol. The molecule has 2 heterocycles. The van der Waals surface area contributed by atoms with Crippen molar-refractivity contribution in [3.05, 3.63) is 72.2 Å². The smallest absolute Gasteiger partial charge is 0.162 e. The molecule has 0 aliphatic heterocycles. The number of ketones is 1. The summed E-state index contributed by atoms with van der Waals surface area (Å²) in [7, 11) is 0. The number of hydrogen-bond acceptors (Lipinski definition) is 2. The van der Waals surface area contributed by atoms with E-state index >= 15 is 0 Å². The Balaban J connectivity index is 2.24. The van der Waals surface area contributed by atoms with Crippen LogP contribution in [-0.4, -0.2) is 15.3 Å². The number of benzene rings is 1. The normalized spacial score (nSPS) is 10.6. The molecule has 0 spiro atoms. The van der Waals surface area contributed by atoms with Crippen molar-refractivity contribution >= 4 is 5.78 Å². The molecule has 3 aromatic rings. The number of hydrogen-bond donors (Lipinski definition) is 0. The molecule has 0 fully saturated rings. The first kappa shape index (κ1) is 13.3. The Bertz CT molecular complexity index is 774. The zero-order valence-corrected chi connectivity index (χ0v) is 12.1. The molecule has 0 amide bonds. The first-order valence-corrected chi connectivity index (χ1v) is 6.88. The van der Waals surface area contributed by atoms with Gasteiger partial charge in [0.2, 0.25) is 0 Å². The molecule has 21 heavy (non-hydrogen) atoms. The van der Waals surface area contributed by atoms with E-state index in [1.807, 2.05) is 66.2 Å². The van der Waals surface area contributed by atoms with Crippen LogP contribution in [0.15, 0.2) is 60.9 Å². The molecule has 104 valence electrons. The molecule has 0 radical (unpaired) electrons. The fourth-order valence-corrected chi connectivity index (χ4v) is 2.62. The van der Waals surface area contributed by atoms with Crippen molar-refractivity contribution in [1.82, 2.24) is 9.55 Å². The molecule has 0 aliphatic carbocycles. The highest BCUT2D eigenvalue weighted by Gasteiger charge is 2.18. The van der Waals surface area contributed by atoms with Gasteiger partial charge in [0, 0.05) is 34.9 Å². The Kier molecular flexibility index (Phi) is 3.40. The molecule has 0 aliphatic rings. The van der Waals surface area contributed by atoms with Crippen molar-refractivity contribution in [1.29, 1.82) is 0 Å². The Morgan fingerprint density at radius 3 is 2.38 bits per heavy atom. The Morgan fingerprint density at radius 1 is 1.05 bits per heavy atom. The van der Waals surface area contributed by atoms with Crippen LogP contribution < -0.4 is 0 Å². The van der Waals surface area contributed by atoms with Crippen LogP contribution in [0.1, 0.15) is 23.0 Å². The van der Waals surface area contributed by atoms with Gasteiger partial charge in [0.05, 0.1) is 5.69 Å². The van der Waals surface area contributed by atoms with E-state index in [2.05, 4.69) is 4.98 Å². The number of para-hydroxylation sites is 1. The number of rotatable bonds is 3. The third-order valence-electron chi connectivity index (χ3n) is 3.58. The van der Waals surface area contributed by atoms with Gasteiger partial charge in [-0.25, -0.2) is 0 Å². The number of Topliss-reactive ketones (excluding diaryl/α,β-unsaturated/α-hetero) is 1. The number of pyridine rings is 1. The van der Waals surface area contributed by atoms with Gasteiger partial charge in [-0.2, -0.15) is 0 Å². The summed E-state index contributed by atoms with van der Waals surface area (Å²) in [5.41, 5.74) is 4.41. The molecule has 0 N–H and O–H groups in total. The predicted octanol–water partition coefficient (Wildman–Crippen LogP) is 4.05. The lowest BCUT2D eigenvalue weighted by atomic mass is 10.0. The maximum atomic E-state index is 12.1. The molecule has 0 unspecified atom stereocenters. The number of carbonyl (C=O) groups excluding carboxylic acids is 1. The van der Waals surface area contributed by atoms with E-state index in [1.165, 1.54) is 0 Å². The van der Waals surface area contributed by atoms with E-state index in [4.69, 9.17) is 0 Å². The summed E-state index contributed by atoms with van der Waals surface area (Å²) >= 11 is 0. The number of carbonyl (C=O) groups is 1. The maximum absolute atomic E-state index is 12.1. The lowest BCUT2D eigenvalue weighted by Gasteiger charge is -2.05. The summed E-state index contributed by atoms with van der Waals surface area (Å²) < 4.78 is 2.04. The molecular formula is C18H16N2O. The highest BCUT2D eigenvalue weighted by molar-refractivity contribution is 6.02. The Morgan fingerprint density at radius 2 is 1.76 bits per heavy atom. The second kappa shape index (κ2) is 5.37. The fourth-order valence-electron chi connectivity index (χ4n) is 2.62. The van der Waals surface area contributed by atoms with Gasteiger partial charge in [0.15, 0.2) is 5.78 Å². The molecule has 3 rings (SSSR count). The largest absolute Gasteiger partial charge is 0.320 e. The molecule has 0 atom stereocenters. The van der Waals surface area contributed by atoms with Gasteiger partial charge in [-0.05, 0) is 38.1 Å². The van der Waals surface area contributed by atoms with Crippen LogP contribution >= 0.6 is 0 Å². The van der Waals surface area contributed by atoms with Gasteiger partial charge in [-0.1, -0.05) is 24.3 Å².